The number of nitrogens with zero attached hydrogens (tertiary/aromatic N) is 1. The molecule has 0 fully saturated rings. The summed E-state index contributed by atoms with van der Waals surface area (Å²) in [6, 6.07) is 18.4. The summed E-state index contributed by atoms with van der Waals surface area (Å²) in [5.41, 5.74) is 2.83. The highest BCUT2D eigenvalue weighted by atomic mass is 16.2. The largest absolute Gasteiger partial charge is 0.348 e. The lowest BCUT2D eigenvalue weighted by atomic mass is 9.82. The number of carbonyl (C=O) groups excluding carboxylic acids is 1. The fourth-order valence-corrected chi connectivity index (χ4v) is 2.40. The summed E-state index contributed by atoms with van der Waals surface area (Å²) in [6.45, 7) is 3.94. The minimum absolute atomic E-state index is 0.114. The average Bonchev–Trinajstić information content (AvgIpc) is 2.47. The fourth-order valence-electron chi connectivity index (χ4n) is 2.40. The number of benzene rings is 2. The number of carbonyl (C=O) groups is 1. The van der Waals surface area contributed by atoms with Crippen molar-refractivity contribution in [3.05, 3.63) is 60.2 Å². The maximum absolute atomic E-state index is 12.3. The van der Waals surface area contributed by atoms with E-state index in [2.05, 4.69) is 24.3 Å². The minimum Gasteiger partial charge on any atom is -0.348 e. The summed E-state index contributed by atoms with van der Waals surface area (Å²) in [6.07, 6.45) is 0. The first-order chi connectivity index (χ1) is 9.43. The molecule has 0 aliphatic rings. The lowest BCUT2D eigenvalue weighted by Crippen LogP contribution is -2.39. The van der Waals surface area contributed by atoms with Crippen LogP contribution in [-0.2, 0) is 10.2 Å². The van der Waals surface area contributed by atoms with Gasteiger partial charge in [0.05, 0.1) is 5.41 Å². The molecule has 2 rings (SSSR count). The van der Waals surface area contributed by atoms with Crippen LogP contribution in [0.25, 0.3) is 11.1 Å². The van der Waals surface area contributed by atoms with Gasteiger partial charge in [-0.2, -0.15) is 0 Å². The molecule has 0 heterocycles. The van der Waals surface area contributed by atoms with Crippen molar-refractivity contribution in [2.75, 3.05) is 14.1 Å². The van der Waals surface area contributed by atoms with Crippen LogP contribution in [0.15, 0.2) is 54.6 Å². The SMILES string of the molecule is CN(C)C(=O)C(C)(C)c1cccc(-c2ccccc2)c1. The number of hydrogen-bond donors (Lipinski definition) is 0. The van der Waals surface area contributed by atoms with Crippen LogP contribution in [0.3, 0.4) is 0 Å². The van der Waals surface area contributed by atoms with Crippen LogP contribution in [0.4, 0.5) is 0 Å². The Morgan fingerprint density at radius 1 is 0.900 bits per heavy atom. The van der Waals surface area contributed by atoms with E-state index in [-0.39, 0.29) is 5.91 Å². The zero-order valence-electron chi connectivity index (χ0n) is 12.6. The van der Waals surface area contributed by atoms with Gasteiger partial charge in [-0.3, -0.25) is 4.79 Å². The second kappa shape index (κ2) is 5.49. The van der Waals surface area contributed by atoms with E-state index in [9.17, 15) is 4.79 Å². The van der Waals surface area contributed by atoms with Gasteiger partial charge in [0.2, 0.25) is 5.91 Å². The van der Waals surface area contributed by atoms with Crippen molar-refractivity contribution in [2.45, 2.75) is 19.3 Å². The molecule has 20 heavy (non-hydrogen) atoms. The zero-order valence-corrected chi connectivity index (χ0v) is 12.6. The standard InChI is InChI=1S/C18H21NO/c1-18(2,17(20)19(3)4)16-12-8-11-15(13-16)14-9-6-5-7-10-14/h5-13H,1-4H3. The van der Waals surface area contributed by atoms with Crippen LogP contribution in [0.5, 0.6) is 0 Å². The molecule has 0 saturated carbocycles. The highest BCUT2D eigenvalue weighted by molar-refractivity contribution is 5.87. The molecule has 0 spiro atoms. The number of likely N-dealkylation sites (N-methyl/N-ethyl adjacent to an activating group) is 1. The van der Waals surface area contributed by atoms with E-state index in [1.54, 1.807) is 19.0 Å². The molecule has 0 aliphatic carbocycles. The number of amides is 1. The van der Waals surface area contributed by atoms with Crippen LogP contribution in [0.2, 0.25) is 0 Å². The highest BCUT2D eigenvalue weighted by Crippen LogP contribution is 2.29. The summed E-state index contributed by atoms with van der Waals surface area (Å²) in [4.78, 5) is 14.0. The van der Waals surface area contributed by atoms with Crippen LogP contribution in [-0.4, -0.2) is 24.9 Å². The first-order valence-electron chi connectivity index (χ1n) is 6.80. The summed E-state index contributed by atoms with van der Waals surface area (Å²) in [5.74, 6) is 0.114. The van der Waals surface area contributed by atoms with Crippen LogP contribution in [0, 0.1) is 0 Å². The van der Waals surface area contributed by atoms with E-state index in [4.69, 9.17) is 0 Å². The van der Waals surface area contributed by atoms with E-state index in [0.717, 1.165) is 11.1 Å². The Labute approximate surface area is 121 Å². The van der Waals surface area contributed by atoms with E-state index in [0.29, 0.717) is 0 Å². The molecule has 2 aromatic rings. The Hall–Kier alpha value is -2.09. The van der Waals surface area contributed by atoms with Gasteiger partial charge in [0.25, 0.3) is 0 Å². The Bertz CT molecular complexity index is 600. The van der Waals surface area contributed by atoms with Crippen molar-refractivity contribution in [2.24, 2.45) is 0 Å². The first kappa shape index (κ1) is 14.3. The smallest absolute Gasteiger partial charge is 0.232 e. The predicted octanol–water partition coefficient (Wildman–Crippen LogP) is 3.72. The molecule has 0 bridgehead atoms. The summed E-state index contributed by atoms with van der Waals surface area (Å²) in [5, 5.41) is 0. The molecule has 0 saturated heterocycles. The normalized spacial score (nSPS) is 11.2. The van der Waals surface area contributed by atoms with E-state index in [1.807, 2.05) is 44.2 Å². The second-order valence-corrected chi connectivity index (χ2v) is 5.77. The van der Waals surface area contributed by atoms with Crippen LogP contribution >= 0.6 is 0 Å². The summed E-state index contributed by atoms with van der Waals surface area (Å²) < 4.78 is 0. The molecule has 0 aliphatic heterocycles. The summed E-state index contributed by atoms with van der Waals surface area (Å²) >= 11 is 0. The monoisotopic (exact) mass is 267 g/mol. The molecule has 0 radical (unpaired) electrons. The average molecular weight is 267 g/mol. The third-order valence-corrected chi connectivity index (χ3v) is 3.63. The van der Waals surface area contributed by atoms with Crippen molar-refractivity contribution in [3.8, 4) is 11.1 Å². The first-order valence-corrected chi connectivity index (χ1v) is 6.80. The molecular formula is C18H21NO. The molecule has 0 aromatic heterocycles. The lowest BCUT2D eigenvalue weighted by molar-refractivity contribution is -0.133. The topological polar surface area (TPSA) is 20.3 Å². The maximum Gasteiger partial charge on any atom is 0.232 e. The van der Waals surface area contributed by atoms with Gasteiger partial charge < -0.3 is 4.90 Å². The van der Waals surface area contributed by atoms with Gasteiger partial charge in [-0.05, 0) is 30.5 Å². The zero-order chi connectivity index (χ0) is 14.8. The molecule has 1 amide bonds. The summed E-state index contributed by atoms with van der Waals surface area (Å²) in [7, 11) is 3.59. The molecule has 0 N–H and O–H groups in total. The maximum atomic E-state index is 12.3. The third kappa shape index (κ3) is 2.74. The Morgan fingerprint density at radius 2 is 1.50 bits per heavy atom. The molecule has 0 unspecified atom stereocenters. The van der Waals surface area contributed by atoms with Gasteiger partial charge in [-0.25, -0.2) is 0 Å². The van der Waals surface area contributed by atoms with Crippen LogP contribution < -0.4 is 0 Å². The molecule has 104 valence electrons. The third-order valence-electron chi connectivity index (χ3n) is 3.63. The van der Waals surface area contributed by atoms with Crippen molar-refractivity contribution < 1.29 is 4.79 Å². The molecule has 2 nitrogen and oxygen atoms in total. The van der Waals surface area contributed by atoms with Gasteiger partial charge in [0.1, 0.15) is 0 Å². The van der Waals surface area contributed by atoms with Crippen molar-refractivity contribution >= 4 is 5.91 Å². The van der Waals surface area contributed by atoms with Crippen molar-refractivity contribution in [1.82, 2.24) is 4.90 Å². The fraction of sp³-hybridized carbons (Fsp3) is 0.278. The van der Waals surface area contributed by atoms with Gasteiger partial charge >= 0.3 is 0 Å². The molecular weight excluding hydrogens is 246 g/mol. The molecule has 2 heteroatoms. The van der Waals surface area contributed by atoms with E-state index >= 15 is 0 Å². The number of hydrogen-bond acceptors (Lipinski definition) is 1. The molecule has 0 atom stereocenters. The van der Waals surface area contributed by atoms with E-state index in [1.165, 1.54) is 5.56 Å². The van der Waals surface area contributed by atoms with Crippen molar-refractivity contribution in [1.29, 1.82) is 0 Å². The Kier molecular flexibility index (Phi) is 3.93. The lowest BCUT2D eigenvalue weighted by Gasteiger charge is -2.28. The Morgan fingerprint density at radius 3 is 2.10 bits per heavy atom. The highest BCUT2D eigenvalue weighted by Gasteiger charge is 2.31. The van der Waals surface area contributed by atoms with Gasteiger partial charge in [0, 0.05) is 14.1 Å². The van der Waals surface area contributed by atoms with Crippen LogP contribution in [0.1, 0.15) is 19.4 Å². The quantitative estimate of drug-likeness (QED) is 0.830. The van der Waals surface area contributed by atoms with Crippen molar-refractivity contribution in [3.63, 3.8) is 0 Å². The second-order valence-electron chi connectivity index (χ2n) is 5.77. The number of rotatable bonds is 3. The van der Waals surface area contributed by atoms with Gasteiger partial charge in [0.15, 0.2) is 0 Å². The Balaban J connectivity index is 2.43. The van der Waals surface area contributed by atoms with Gasteiger partial charge in [-0.1, -0.05) is 54.6 Å². The van der Waals surface area contributed by atoms with E-state index < -0.39 is 5.41 Å². The minimum atomic E-state index is -0.520. The molecule has 2 aromatic carbocycles. The van der Waals surface area contributed by atoms with Gasteiger partial charge in [-0.15, -0.1) is 0 Å². The predicted molar refractivity (Wildman–Crippen MR) is 83.6 cm³/mol.